The molecule has 0 spiro atoms. The van der Waals surface area contributed by atoms with Gasteiger partial charge in [-0.05, 0) is 35.2 Å². The summed E-state index contributed by atoms with van der Waals surface area (Å²) in [6.07, 6.45) is 3.66. The van der Waals surface area contributed by atoms with E-state index in [2.05, 4.69) is 33.5 Å². The van der Waals surface area contributed by atoms with Crippen LogP contribution in [0.3, 0.4) is 0 Å². The summed E-state index contributed by atoms with van der Waals surface area (Å²) < 4.78 is 0. The van der Waals surface area contributed by atoms with E-state index < -0.39 is 0 Å². The lowest BCUT2D eigenvalue weighted by Crippen LogP contribution is -2.02. The van der Waals surface area contributed by atoms with Gasteiger partial charge < -0.3 is 10.4 Å². The van der Waals surface area contributed by atoms with Crippen molar-refractivity contribution < 1.29 is 5.11 Å². The minimum Gasteiger partial charge on any atom is -0.390 e. The summed E-state index contributed by atoms with van der Waals surface area (Å²) in [6, 6.07) is 13.9. The zero-order chi connectivity index (χ0) is 13.8. The van der Waals surface area contributed by atoms with Crippen LogP contribution in [0.25, 0.3) is 10.8 Å². The molecule has 0 fully saturated rings. The number of hydrogen-bond donors (Lipinski definition) is 2. The summed E-state index contributed by atoms with van der Waals surface area (Å²) in [5.74, 6) is 0.767. The molecule has 2 aromatic heterocycles. The second-order valence-electron chi connectivity index (χ2n) is 4.58. The van der Waals surface area contributed by atoms with Gasteiger partial charge in [0.05, 0.1) is 12.3 Å². The molecule has 0 amide bonds. The Kier molecular flexibility index (Phi) is 3.56. The predicted octanol–water partition coefficient (Wildman–Crippen LogP) is 2.73. The molecule has 0 saturated carbocycles. The molecule has 0 unspecified atom stereocenters. The predicted molar refractivity (Wildman–Crippen MR) is 79.2 cm³/mol. The minimum absolute atomic E-state index is 0.0445. The van der Waals surface area contributed by atoms with Crippen molar-refractivity contribution >= 4 is 16.6 Å². The fourth-order valence-electron chi connectivity index (χ4n) is 2.10. The van der Waals surface area contributed by atoms with E-state index in [-0.39, 0.29) is 6.61 Å². The molecule has 0 aliphatic carbocycles. The van der Waals surface area contributed by atoms with Gasteiger partial charge in [0.15, 0.2) is 0 Å². The quantitative estimate of drug-likeness (QED) is 0.761. The van der Waals surface area contributed by atoms with Crippen molar-refractivity contribution in [2.24, 2.45) is 0 Å². The van der Waals surface area contributed by atoms with Crippen molar-refractivity contribution in [2.75, 3.05) is 5.32 Å². The molecule has 1 aromatic carbocycles. The largest absolute Gasteiger partial charge is 0.390 e. The molecule has 100 valence electrons. The fraction of sp³-hybridized carbons (Fsp3) is 0.125. The fourth-order valence-corrected chi connectivity index (χ4v) is 2.10. The smallest absolute Gasteiger partial charge is 0.126 e. The lowest BCUT2D eigenvalue weighted by Gasteiger charge is -2.07. The molecule has 4 nitrogen and oxygen atoms in total. The number of nitrogens with zero attached hydrogens (tertiary/aromatic N) is 2. The summed E-state index contributed by atoms with van der Waals surface area (Å²) in [5, 5.41) is 14.6. The Bertz CT molecular complexity index is 727. The highest BCUT2D eigenvalue weighted by Crippen LogP contribution is 2.15. The second-order valence-corrected chi connectivity index (χ2v) is 4.58. The number of aliphatic hydroxyl groups is 1. The molecule has 2 N–H and O–H groups in total. The SMILES string of the molecule is OCc1cccc(NCc2ccc3ccncc3c2)n1. The van der Waals surface area contributed by atoms with E-state index in [9.17, 15) is 0 Å². The van der Waals surface area contributed by atoms with E-state index in [1.54, 1.807) is 12.3 Å². The van der Waals surface area contributed by atoms with Crippen LogP contribution < -0.4 is 5.32 Å². The molecule has 3 aromatic rings. The third-order valence-corrected chi connectivity index (χ3v) is 3.15. The van der Waals surface area contributed by atoms with Gasteiger partial charge in [-0.2, -0.15) is 0 Å². The first-order chi connectivity index (χ1) is 9.85. The Morgan fingerprint density at radius 3 is 2.90 bits per heavy atom. The van der Waals surface area contributed by atoms with Gasteiger partial charge in [-0.15, -0.1) is 0 Å². The molecule has 2 heterocycles. The summed E-state index contributed by atoms with van der Waals surface area (Å²) in [5.41, 5.74) is 1.83. The zero-order valence-corrected chi connectivity index (χ0v) is 11.0. The van der Waals surface area contributed by atoms with Crippen molar-refractivity contribution in [3.05, 3.63) is 66.1 Å². The van der Waals surface area contributed by atoms with Crippen LogP contribution in [-0.2, 0) is 13.2 Å². The van der Waals surface area contributed by atoms with E-state index in [4.69, 9.17) is 5.11 Å². The highest BCUT2D eigenvalue weighted by atomic mass is 16.3. The highest BCUT2D eigenvalue weighted by Gasteiger charge is 1.99. The van der Waals surface area contributed by atoms with Crippen molar-refractivity contribution in [3.8, 4) is 0 Å². The molecule has 0 radical (unpaired) electrons. The molecular weight excluding hydrogens is 250 g/mol. The summed E-state index contributed by atoms with van der Waals surface area (Å²) in [4.78, 5) is 8.43. The van der Waals surface area contributed by atoms with Crippen LogP contribution in [0, 0.1) is 0 Å². The van der Waals surface area contributed by atoms with Crippen LogP contribution >= 0.6 is 0 Å². The van der Waals surface area contributed by atoms with E-state index in [0.717, 1.165) is 11.2 Å². The number of aromatic nitrogens is 2. The van der Waals surface area contributed by atoms with Crippen LogP contribution in [-0.4, -0.2) is 15.1 Å². The van der Waals surface area contributed by atoms with E-state index in [1.165, 1.54) is 10.9 Å². The molecule has 3 rings (SSSR count). The number of anilines is 1. The Morgan fingerprint density at radius 1 is 1.05 bits per heavy atom. The molecule has 4 heteroatoms. The third kappa shape index (κ3) is 2.75. The number of pyridine rings is 2. The highest BCUT2D eigenvalue weighted by molar-refractivity contribution is 5.82. The average molecular weight is 265 g/mol. The molecule has 0 atom stereocenters. The Labute approximate surface area is 117 Å². The molecule has 20 heavy (non-hydrogen) atoms. The number of fused-ring (bicyclic) bond motifs is 1. The van der Waals surface area contributed by atoms with Gasteiger partial charge in [-0.3, -0.25) is 4.98 Å². The molecule has 0 aliphatic rings. The van der Waals surface area contributed by atoms with Crippen molar-refractivity contribution in [1.29, 1.82) is 0 Å². The Balaban J connectivity index is 1.76. The van der Waals surface area contributed by atoms with Gasteiger partial charge in [0.1, 0.15) is 5.82 Å². The molecular formula is C16H15N3O. The maximum absolute atomic E-state index is 9.07. The van der Waals surface area contributed by atoms with Gasteiger partial charge >= 0.3 is 0 Å². The van der Waals surface area contributed by atoms with Crippen LogP contribution in [0.4, 0.5) is 5.82 Å². The van der Waals surface area contributed by atoms with E-state index >= 15 is 0 Å². The first kappa shape index (κ1) is 12.6. The topological polar surface area (TPSA) is 58.0 Å². The van der Waals surface area contributed by atoms with Gasteiger partial charge in [0.25, 0.3) is 0 Å². The number of nitrogens with one attached hydrogen (secondary N) is 1. The third-order valence-electron chi connectivity index (χ3n) is 3.15. The Hall–Kier alpha value is -2.46. The monoisotopic (exact) mass is 265 g/mol. The van der Waals surface area contributed by atoms with Crippen molar-refractivity contribution in [1.82, 2.24) is 9.97 Å². The summed E-state index contributed by atoms with van der Waals surface area (Å²) in [7, 11) is 0. The van der Waals surface area contributed by atoms with Crippen molar-refractivity contribution in [3.63, 3.8) is 0 Å². The van der Waals surface area contributed by atoms with Crippen LogP contribution in [0.1, 0.15) is 11.3 Å². The van der Waals surface area contributed by atoms with Gasteiger partial charge in [-0.25, -0.2) is 4.98 Å². The summed E-state index contributed by atoms with van der Waals surface area (Å²) >= 11 is 0. The first-order valence-corrected chi connectivity index (χ1v) is 6.48. The minimum atomic E-state index is -0.0445. The number of benzene rings is 1. The standard InChI is InChI=1S/C16H15N3O/c20-11-15-2-1-3-16(19-15)18-9-12-4-5-13-6-7-17-10-14(13)8-12/h1-8,10,20H,9,11H2,(H,18,19). The van der Waals surface area contributed by atoms with Crippen LogP contribution in [0.5, 0.6) is 0 Å². The number of rotatable bonds is 4. The molecule has 0 saturated heterocycles. The molecule has 0 bridgehead atoms. The van der Waals surface area contributed by atoms with E-state index in [0.29, 0.717) is 12.2 Å². The zero-order valence-electron chi connectivity index (χ0n) is 11.0. The number of hydrogen-bond acceptors (Lipinski definition) is 4. The maximum atomic E-state index is 9.07. The van der Waals surface area contributed by atoms with Gasteiger partial charge in [0.2, 0.25) is 0 Å². The van der Waals surface area contributed by atoms with Gasteiger partial charge in [-0.1, -0.05) is 18.2 Å². The van der Waals surface area contributed by atoms with Crippen LogP contribution in [0.15, 0.2) is 54.9 Å². The maximum Gasteiger partial charge on any atom is 0.126 e. The lowest BCUT2D eigenvalue weighted by molar-refractivity contribution is 0.277. The van der Waals surface area contributed by atoms with Crippen LogP contribution in [0.2, 0.25) is 0 Å². The lowest BCUT2D eigenvalue weighted by atomic mass is 10.1. The second kappa shape index (κ2) is 5.67. The number of aliphatic hydroxyl groups excluding tert-OH is 1. The van der Waals surface area contributed by atoms with Gasteiger partial charge in [0, 0.05) is 24.3 Å². The Morgan fingerprint density at radius 2 is 2.00 bits per heavy atom. The average Bonchev–Trinajstić information content (AvgIpc) is 2.53. The van der Waals surface area contributed by atoms with E-state index in [1.807, 2.05) is 24.4 Å². The normalized spacial score (nSPS) is 10.7. The van der Waals surface area contributed by atoms with Crippen molar-refractivity contribution in [2.45, 2.75) is 13.2 Å². The molecule has 0 aliphatic heterocycles. The first-order valence-electron chi connectivity index (χ1n) is 6.48. The summed E-state index contributed by atoms with van der Waals surface area (Å²) in [6.45, 7) is 0.643.